The first-order valence-corrected chi connectivity index (χ1v) is 11.0. The Labute approximate surface area is 172 Å². The maximum absolute atomic E-state index is 12.7. The molecule has 4 rings (SSSR count). The van der Waals surface area contributed by atoms with E-state index >= 15 is 0 Å². The molecular formula is C21H20N4OS2. The zero-order valence-corrected chi connectivity index (χ0v) is 17.4. The number of nitrogens with one attached hydrogen (secondary N) is 1. The highest BCUT2D eigenvalue weighted by Gasteiger charge is 2.25. The summed E-state index contributed by atoms with van der Waals surface area (Å²) in [5, 5.41) is 13.7. The standard InChI is InChI=1S/C21H20N4OS2/c1-12-7-8-15-17(9-12)28-21-18(15)20(23-11-24-21)27-13(2)19(26)25-16-6-4-3-5-14(16)10-22/h3-6,11-13H,7-9H2,1-2H3,(H,25,26)/t12-,13-/m0/s1. The van der Waals surface area contributed by atoms with Crippen molar-refractivity contribution in [2.45, 2.75) is 43.4 Å². The number of nitriles is 1. The Morgan fingerprint density at radius 3 is 3.04 bits per heavy atom. The highest BCUT2D eigenvalue weighted by atomic mass is 32.2. The normalized spacial score (nSPS) is 17.0. The van der Waals surface area contributed by atoms with Crippen molar-refractivity contribution < 1.29 is 4.79 Å². The molecule has 0 bridgehead atoms. The van der Waals surface area contributed by atoms with Crippen molar-refractivity contribution in [2.24, 2.45) is 5.92 Å². The molecule has 1 aromatic carbocycles. The lowest BCUT2D eigenvalue weighted by atomic mass is 9.89. The van der Waals surface area contributed by atoms with Crippen molar-refractivity contribution in [3.8, 4) is 6.07 Å². The van der Waals surface area contributed by atoms with Crippen LogP contribution in [0.5, 0.6) is 0 Å². The molecule has 0 saturated heterocycles. The van der Waals surface area contributed by atoms with E-state index < -0.39 is 0 Å². The second kappa shape index (κ2) is 7.90. The molecule has 5 nitrogen and oxygen atoms in total. The number of hydrogen-bond acceptors (Lipinski definition) is 6. The molecule has 0 radical (unpaired) electrons. The van der Waals surface area contributed by atoms with Gasteiger partial charge in [-0.2, -0.15) is 5.26 Å². The molecule has 3 aromatic rings. The smallest absolute Gasteiger partial charge is 0.237 e. The summed E-state index contributed by atoms with van der Waals surface area (Å²) < 4.78 is 0. The molecule has 1 amide bonds. The fourth-order valence-corrected chi connectivity index (χ4v) is 5.84. The summed E-state index contributed by atoms with van der Waals surface area (Å²) in [6.45, 7) is 4.16. The largest absolute Gasteiger partial charge is 0.324 e. The quantitative estimate of drug-likeness (QED) is 0.495. The Balaban J connectivity index is 1.58. The fourth-order valence-electron chi connectivity index (χ4n) is 3.48. The molecule has 0 aliphatic heterocycles. The lowest BCUT2D eigenvalue weighted by molar-refractivity contribution is -0.115. The Hall–Kier alpha value is -2.43. The Morgan fingerprint density at radius 2 is 2.21 bits per heavy atom. The van der Waals surface area contributed by atoms with Gasteiger partial charge in [0.1, 0.15) is 22.3 Å². The first kappa shape index (κ1) is 18.9. The average molecular weight is 409 g/mol. The molecule has 0 saturated carbocycles. The summed E-state index contributed by atoms with van der Waals surface area (Å²) in [6, 6.07) is 9.13. The number of hydrogen-bond donors (Lipinski definition) is 1. The van der Waals surface area contributed by atoms with Gasteiger partial charge in [-0.15, -0.1) is 11.3 Å². The van der Waals surface area contributed by atoms with Crippen molar-refractivity contribution in [1.29, 1.82) is 5.26 Å². The monoisotopic (exact) mass is 408 g/mol. The number of anilines is 1. The number of thiophene rings is 1. The summed E-state index contributed by atoms with van der Waals surface area (Å²) >= 11 is 3.21. The lowest BCUT2D eigenvalue weighted by Crippen LogP contribution is -2.23. The second-order valence-corrected chi connectivity index (χ2v) is 9.53. The number of aromatic nitrogens is 2. The number of carbonyl (C=O) groups is 1. The first-order valence-electron chi connectivity index (χ1n) is 9.28. The first-order chi connectivity index (χ1) is 13.6. The molecule has 28 heavy (non-hydrogen) atoms. The van der Waals surface area contributed by atoms with Gasteiger partial charge >= 0.3 is 0 Å². The van der Waals surface area contributed by atoms with E-state index in [2.05, 4.69) is 28.3 Å². The molecule has 1 aliphatic rings. The van der Waals surface area contributed by atoms with Crippen molar-refractivity contribution >= 4 is 44.9 Å². The van der Waals surface area contributed by atoms with E-state index in [-0.39, 0.29) is 11.2 Å². The van der Waals surface area contributed by atoms with Crippen molar-refractivity contribution in [3.63, 3.8) is 0 Å². The van der Waals surface area contributed by atoms with Gasteiger partial charge in [0.05, 0.1) is 16.5 Å². The Bertz CT molecular complexity index is 1090. The molecule has 7 heteroatoms. The van der Waals surface area contributed by atoms with E-state index in [1.165, 1.54) is 28.6 Å². The summed E-state index contributed by atoms with van der Waals surface area (Å²) in [4.78, 5) is 24.1. The molecule has 2 atom stereocenters. The third-order valence-corrected chi connectivity index (χ3v) is 7.28. The number of nitrogens with zero attached hydrogens (tertiary/aromatic N) is 3. The van der Waals surface area contributed by atoms with Crippen LogP contribution in [-0.2, 0) is 17.6 Å². The van der Waals surface area contributed by atoms with E-state index in [4.69, 9.17) is 0 Å². The third kappa shape index (κ3) is 3.62. The van der Waals surface area contributed by atoms with Crippen molar-refractivity contribution in [1.82, 2.24) is 9.97 Å². The minimum Gasteiger partial charge on any atom is -0.324 e. The topological polar surface area (TPSA) is 78.7 Å². The van der Waals surface area contributed by atoms with Gasteiger partial charge in [-0.1, -0.05) is 30.8 Å². The number of thioether (sulfide) groups is 1. The number of amides is 1. The van der Waals surface area contributed by atoms with Crippen LogP contribution in [0.15, 0.2) is 35.6 Å². The van der Waals surface area contributed by atoms with Crippen molar-refractivity contribution in [2.75, 3.05) is 5.32 Å². The van der Waals surface area contributed by atoms with Crippen LogP contribution < -0.4 is 5.32 Å². The number of benzene rings is 1. The molecule has 1 N–H and O–H groups in total. The summed E-state index contributed by atoms with van der Waals surface area (Å²) in [6.07, 6.45) is 4.92. The Morgan fingerprint density at radius 1 is 1.39 bits per heavy atom. The second-order valence-electron chi connectivity index (χ2n) is 7.12. The molecule has 142 valence electrons. The van der Waals surface area contributed by atoms with E-state index in [1.54, 1.807) is 41.9 Å². The maximum atomic E-state index is 12.7. The molecule has 0 spiro atoms. The van der Waals surface area contributed by atoms with Crippen LogP contribution in [0.25, 0.3) is 10.2 Å². The number of carbonyl (C=O) groups excluding carboxylic acids is 1. The van der Waals surface area contributed by atoms with Crippen LogP contribution >= 0.6 is 23.1 Å². The van der Waals surface area contributed by atoms with Gasteiger partial charge < -0.3 is 5.32 Å². The molecule has 1 aliphatic carbocycles. The average Bonchev–Trinajstić information content (AvgIpc) is 3.06. The molecule has 2 aromatic heterocycles. The van der Waals surface area contributed by atoms with Crippen molar-refractivity contribution in [3.05, 3.63) is 46.6 Å². The minimum absolute atomic E-state index is 0.141. The summed E-state index contributed by atoms with van der Waals surface area (Å²) in [7, 11) is 0. The Kier molecular flexibility index (Phi) is 5.33. The van der Waals surface area contributed by atoms with E-state index in [1.807, 2.05) is 6.92 Å². The third-order valence-electron chi connectivity index (χ3n) is 5.02. The molecule has 0 fully saturated rings. The number of aryl methyl sites for hydroxylation is 1. The number of fused-ring (bicyclic) bond motifs is 3. The minimum atomic E-state index is -0.345. The van der Waals surface area contributed by atoms with Gasteiger partial charge in [-0.3, -0.25) is 4.79 Å². The zero-order valence-electron chi connectivity index (χ0n) is 15.7. The van der Waals surface area contributed by atoms with E-state index in [0.717, 1.165) is 28.1 Å². The highest BCUT2D eigenvalue weighted by Crippen LogP contribution is 2.41. The summed E-state index contributed by atoms with van der Waals surface area (Å²) in [5.74, 6) is 0.562. The van der Waals surface area contributed by atoms with Gasteiger partial charge in [-0.05, 0) is 49.8 Å². The van der Waals surface area contributed by atoms with E-state index in [0.29, 0.717) is 17.2 Å². The lowest BCUT2D eigenvalue weighted by Gasteiger charge is -2.18. The fraction of sp³-hybridized carbons (Fsp3) is 0.333. The molecule has 2 heterocycles. The van der Waals surface area contributed by atoms with Crippen LogP contribution in [0.4, 0.5) is 5.69 Å². The van der Waals surface area contributed by atoms with Crippen LogP contribution in [0.1, 0.15) is 36.3 Å². The van der Waals surface area contributed by atoms with Crippen LogP contribution in [0, 0.1) is 17.2 Å². The van der Waals surface area contributed by atoms with Gasteiger partial charge in [0.25, 0.3) is 0 Å². The van der Waals surface area contributed by atoms with Gasteiger partial charge in [0.2, 0.25) is 5.91 Å². The zero-order chi connectivity index (χ0) is 19.7. The van der Waals surface area contributed by atoms with Crippen LogP contribution in [-0.4, -0.2) is 21.1 Å². The predicted molar refractivity (Wildman–Crippen MR) is 114 cm³/mol. The molecule has 0 unspecified atom stereocenters. The van der Waals surface area contributed by atoms with E-state index in [9.17, 15) is 10.1 Å². The van der Waals surface area contributed by atoms with Gasteiger partial charge in [0.15, 0.2) is 0 Å². The van der Waals surface area contributed by atoms with Gasteiger partial charge in [-0.25, -0.2) is 9.97 Å². The number of rotatable bonds is 4. The van der Waals surface area contributed by atoms with Gasteiger partial charge in [0, 0.05) is 10.3 Å². The molecular weight excluding hydrogens is 388 g/mol. The van der Waals surface area contributed by atoms with Crippen LogP contribution in [0.2, 0.25) is 0 Å². The SMILES string of the molecule is C[C@H]1CCc2c(sc3ncnc(S[C@@H](C)C(=O)Nc4ccccc4C#N)c23)C1. The van der Waals surface area contributed by atoms with Crippen LogP contribution in [0.3, 0.4) is 0 Å². The predicted octanol–water partition coefficient (Wildman–Crippen LogP) is 4.81. The highest BCUT2D eigenvalue weighted by molar-refractivity contribution is 8.00. The maximum Gasteiger partial charge on any atom is 0.237 e. The number of para-hydroxylation sites is 1. The summed E-state index contributed by atoms with van der Waals surface area (Å²) in [5.41, 5.74) is 2.36.